The van der Waals surface area contributed by atoms with E-state index in [9.17, 15) is 13.2 Å². The lowest BCUT2D eigenvalue weighted by atomic mass is 10.1. The van der Waals surface area contributed by atoms with Gasteiger partial charge in [-0.15, -0.1) is 0 Å². The molecule has 0 unspecified atom stereocenters. The quantitative estimate of drug-likeness (QED) is 0.859. The van der Waals surface area contributed by atoms with Gasteiger partial charge in [0.1, 0.15) is 0 Å². The first-order valence-corrected chi connectivity index (χ1v) is 10.8. The molecule has 5 nitrogen and oxygen atoms in total. The molecule has 0 spiro atoms. The van der Waals surface area contributed by atoms with Crippen LogP contribution in [0.1, 0.15) is 47.2 Å². The molecule has 3 rings (SSSR count). The third kappa shape index (κ3) is 4.69. The minimum atomic E-state index is -3.77. The number of carbonyl (C=O) groups is 1. The van der Waals surface area contributed by atoms with Crippen LogP contribution in [-0.4, -0.2) is 32.3 Å². The molecule has 0 saturated carbocycles. The number of hydrogen-bond donors (Lipinski definition) is 1. The molecule has 1 heterocycles. The lowest BCUT2D eigenvalue weighted by Gasteiger charge is -2.21. The van der Waals surface area contributed by atoms with Crippen LogP contribution in [-0.2, 0) is 10.0 Å². The van der Waals surface area contributed by atoms with Crippen LogP contribution in [0.2, 0.25) is 0 Å². The number of rotatable bonds is 4. The Morgan fingerprint density at radius 1 is 0.926 bits per heavy atom. The number of nitrogens with zero attached hydrogens (tertiary/aromatic N) is 1. The van der Waals surface area contributed by atoms with Crippen molar-refractivity contribution in [3.05, 3.63) is 59.2 Å². The summed E-state index contributed by atoms with van der Waals surface area (Å²) < 4.78 is 28.4. The molecule has 0 aliphatic carbocycles. The zero-order chi connectivity index (χ0) is 19.4. The van der Waals surface area contributed by atoms with E-state index in [-0.39, 0.29) is 10.8 Å². The Morgan fingerprint density at radius 3 is 2.19 bits per heavy atom. The van der Waals surface area contributed by atoms with E-state index in [0.29, 0.717) is 16.8 Å². The van der Waals surface area contributed by atoms with Gasteiger partial charge in [-0.25, -0.2) is 8.42 Å². The van der Waals surface area contributed by atoms with Gasteiger partial charge in [-0.05, 0) is 56.5 Å². The molecule has 0 bridgehead atoms. The second-order valence-electron chi connectivity index (χ2n) is 7.16. The van der Waals surface area contributed by atoms with Gasteiger partial charge in [0.15, 0.2) is 0 Å². The molecule has 2 aromatic carbocycles. The second kappa shape index (κ2) is 8.13. The summed E-state index contributed by atoms with van der Waals surface area (Å²) in [6, 6.07) is 12.1. The summed E-state index contributed by atoms with van der Waals surface area (Å²) in [5, 5.41) is 0. The topological polar surface area (TPSA) is 66.5 Å². The first kappa shape index (κ1) is 19.4. The minimum Gasteiger partial charge on any atom is -0.339 e. The predicted molar refractivity (Wildman–Crippen MR) is 108 cm³/mol. The Labute approximate surface area is 161 Å². The second-order valence-corrected chi connectivity index (χ2v) is 8.81. The van der Waals surface area contributed by atoms with Crippen molar-refractivity contribution in [3.63, 3.8) is 0 Å². The van der Waals surface area contributed by atoms with Crippen molar-refractivity contribution in [2.24, 2.45) is 0 Å². The number of sulfonamides is 1. The fraction of sp³-hybridized carbons (Fsp3) is 0.381. The molecule has 144 valence electrons. The molecule has 1 saturated heterocycles. The number of aryl methyl sites for hydroxylation is 2. The SMILES string of the molecule is Cc1ccc(NS(=O)(=O)c2cc(C(=O)N3CCCCCC3)ccc2C)cc1. The Hall–Kier alpha value is -2.34. The average molecular weight is 387 g/mol. The maximum atomic E-state index is 12.9. The van der Waals surface area contributed by atoms with Crippen LogP contribution in [0, 0.1) is 13.8 Å². The van der Waals surface area contributed by atoms with E-state index in [1.165, 1.54) is 6.07 Å². The number of anilines is 1. The molecule has 27 heavy (non-hydrogen) atoms. The van der Waals surface area contributed by atoms with Crippen molar-refractivity contribution in [2.45, 2.75) is 44.4 Å². The van der Waals surface area contributed by atoms with Crippen LogP contribution >= 0.6 is 0 Å². The molecule has 1 N–H and O–H groups in total. The van der Waals surface area contributed by atoms with E-state index in [2.05, 4.69) is 4.72 Å². The highest BCUT2D eigenvalue weighted by Gasteiger charge is 2.22. The first-order chi connectivity index (χ1) is 12.9. The van der Waals surface area contributed by atoms with E-state index in [4.69, 9.17) is 0 Å². The van der Waals surface area contributed by atoms with Crippen LogP contribution < -0.4 is 4.72 Å². The van der Waals surface area contributed by atoms with Crippen molar-refractivity contribution in [3.8, 4) is 0 Å². The standard InChI is InChI=1S/C21H26N2O3S/c1-16-7-11-19(12-8-16)22-27(25,26)20-15-18(10-9-17(20)2)21(24)23-13-5-3-4-6-14-23/h7-12,15,22H,3-6,13-14H2,1-2H3. The van der Waals surface area contributed by atoms with Crippen molar-refractivity contribution in [1.82, 2.24) is 4.90 Å². The predicted octanol–water partition coefficient (Wildman–Crippen LogP) is 4.12. The summed E-state index contributed by atoms with van der Waals surface area (Å²) in [5.74, 6) is -0.0938. The maximum Gasteiger partial charge on any atom is 0.262 e. The summed E-state index contributed by atoms with van der Waals surface area (Å²) in [6.07, 6.45) is 4.27. The van der Waals surface area contributed by atoms with Gasteiger partial charge in [-0.1, -0.05) is 36.6 Å². The molecule has 0 radical (unpaired) electrons. The Morgan fingerprint density at radius 2 is 1.56 bits per heavy atom. The minimum absolute atomic E-state index is 0.0938. The van der Waals surface area contributed by atoms with Gasteiger partial charge in [0.2, 0.25) is 0 Å². The van der Waals surface area contributed by atoms with Gasteiger partial charge in [0, 0.05) is 24.3 Å². The zero-order valence-electron chi connectivity index (χ0n) is 15.9. The lowest BCUT2D eigenvalue weighted by molar-refractivity contribution is 0.0761. The highest BCUT2D eigenvalue weighted by Crippen LogP contribution is 2.22. The van der Waals surface area contributed by atoms with Crippen LogP contribution in [0.15, 0.2) is 47.4 Å². The molecule has 2 aromatic rings. The summed E-state index contributed by atoms with van der Waals surface area (Å²) in [5.41, 5.74) is 2.59. The van der Waals surface area contributed by atoms with Gasteiger partial charge in [0.05, 0.1) is 4.90 Å². The van der Waals surface area contributed by atoms with Gasteiger partial charge in [-0.3, -0.25) is 9.52 Å². The number of carbonyl (C=O) groups excluding carboxylic acids is 1. The summed E-state index contributed by atoms with van der Waals surface area (Å²) in [4.78, 5) is 14.8. The van der Waals surface area contributed by atoms with Crippen LogP contribution in [0.5, 0.6) is 0 Å². The van der Waals surface area contributed by atoms with Crippen molar-refractivity contribution >= 4 is 21.6 Å². The van der Waals surface area contributed by atoms with Gasteiger partial charge < -0.3 is 4.90 Å². The lowest BCUT2D eigenvalue weighted by Crippen LogP contribution is -2.32. The van der Waals surface area contributed by atoms with Crippen molar-refractivity contribution < 1.29 is 13.2 Å². The fourth-order valence-electron chi connectivity index (χ4n) is 3.31. The first-order valence-electron chi connectivity index (χ1n) is 9.36. The highest BCUT2D eigenvalue weighted by molar-refractivity contribution is 7.92. The summed E-state index contributed by atoms with van der Waals surface area (Å²) >= 11 is 0. The molecule has 1 fully saturated rings. The molecule has 6 heteroatoms. The van der Waals surface area contributed by atoms with Gasteiger partial charge >= 0.3 is 0 Å². The molecule has 1 aliphatic rings. The van der Waals surface area contributed by atoms with E-state index < -0.39 is 10.0 Å². The van der Waals surface area contributed by atoms with Crippen LogP contribution in [0.4, 0.5) is 5.69 Å². The highest BCUT2D eigenvalue weighted by atomic mass is 32.2. The van der Waals surface area contributed by atoms with E-state index in [1.54, 1.807) is 31.2 Å². The molecule has 1 aliphatic heterocycles. The van der Waals surface area contributed by atoms with E-state index in [0.717, 1.165) is 44.3 Å². The van der Waals surface area contributed by atoms with Crippen molar-refractivity contribution in [1.29, 1.82) is 0 Å². The molecule has 0 aromatic heterocycles. The van der Waals surface area contributed by atoms with Gasteiger partial charge in [0.25, 0.3) is 15.9 Å². The Kier molecular flexibility index (Phi) is 5.85. The van der Waals surface area contributed by atoms with E-state index in [1.807, 2.05) is 24.0 Å². The average Bonchev–Trinajstić information content (AvgIpc) is 2.92. The normalized spacial score (nSPS) is 15.3. The number of likely N-dealkylation sites (tertiary alicyclic amines) is 1. The smallest absolute Gasteiger partial charge is 0.262 e. The Balaban J connectivity index is 1.87. The molecular weight excluding hydrogens is 360 g/mol. The number of benzene rings is 2. The van der Waals surface area contributed by atoms with Crippen molar-refractivity contribution in [2.75, 3.05) is 17.8 Å². The largest absolute Gasteiger partial charge is 0.339 e. The molecule has 1 amide bonds. The summed E-state index contributed by atoms with van der Waals surface area (Å²) in [6.45, 7) is 5.15. The number of amides is 1. The summed E-state index contributed by atoms with van der Waals surface area (Å²) in [7, 11) is -3.77. The maximum absolute atomic E-state index is 12.9. The van der Waals surface area contributed by atoms with E-state index >= 15 is 0 Å². The third-order valence-electron chi connectivity index (χ3n) is 4.92. The monoisotopic (exact) mass is 386 g/mol. The van der Waals surface area contributed by atoms with Crippen LogP contribution in [0.25, 0.3) is 0 Å². The number of nitrogens with one attached hydrogen (secondary N) is 1. The van der Waals surface area contributed by atoms with Gasteiger partial charge in [-0.2, -0.15) is 0 Å². The third-order valence-corrected chi connectivity index (χ3v) is 6.44. The Bertz CT molecular complexity index is 913. The molecule has 0 atom stereocenters. The van der Waals surface area contributed by atoms with Crippen LogP contribution in [0.3, 0.4) is 0 Å². The fourth-order valence-corrected chi connectivity index (χ4v) is 4.64. The number of hydrogen-bond acceptors (Lipinski definition) is 3. The zero-order valence-corrected chi connectivity index (χ0v) is 16.7. The molecular formula is C21H26N2O3S.